The molecule has 0 saturated carbocycles. The van der Waals surface area contributed by atoms with Crippen molar-refractivity contribution in [2.24, 2.45) is 0 Å². The molecule has 0 saturated heterocycles. The first-order valence-corrected chi connectivity index (χ1v) is 42.8. The molecule has 0 aromatic carbocycles. The van der Waals surface area contributed by atoms with Crippen molar-refractivity contribution in [2.75, 3.05) is 39.6 Å². The number of esters is 4. The Bertz CT molecular complexity index is 2410. The van der Waals surface area contributed by atoms with E-state index in [2.05, 4.69) is 149 Å². The zero-order valence-electron chi connectivity index (χ0n) is 64.0. The lowest BCUT2D eigenvalue weighted by molar-refractivity contribution is -0.161. The van der Waals surface area contributed by atoms with E-state index in [1.54, 1.807) is 0 Å². The van der Waals surface area contributed by atoms with E-state index in [0.717, 1.165) is 180 Å². The minimum absolute atomic E-state index is 0.0610. The first-order chi connectivity index (χ1) is 49.7. The molecule has 0 amide bonds. The highest BCUT2D eigenvalue weighted by atomic mass is 31.2. The van der Waals surface area contributed by atoms with Gasteiger partial charge >= 0.3 is 39.5 Å². The van der Waals surface area contributed by atoms with Crippen LogP contribution >= 0.6 is 15.6 Å². The molecule has 586 valence electrons. The molecule has 0 heterocycles. The number of phosphoric acid groups is 2. The predicted octanol–water partition coefficient (Wildman–Crippen LogP) is 23.1. The van der Waals surface area contributed by atoms with E-state index in [-0.39, 0.29) is 25.7 Å². The van der Waals surface area contributed by atoms with Crippen molar-refractivity contribution in [2.45, 2.75) is 341 Å². The number of aliphatic hydroxyl groups excluding tert-OH is 1. The molecule has 19 heteroatoms. The summed E-state index contributed by atoms with van der Waals surface area (Å²) in [6, 6.07) is 0. The maximum atomic E-state index is 13.1. The summed E-state index contributed by atoms with van der Waals surface area (Å²) in [5.74, 6) is -2.25. The molecule has 0 aromatic rings. The average molecular weight is 1470 g/mol. The summed E-state index contributed by atoms with van der Waals surface area (Å²) in [4.78, 5) is 73.0. The van der Waals surface area contributed by atoms with Gasteiger partial charge in [0.1, 0.15) is 19.3 Å². The third-order valence-electron chi connectivity index (χ3n) is 16.4. The topological polar surface area (TPSA) is 237 Å². The molecule has 0 bridgehead atoms. The van der Waals surface area contributed by atoms with E-state index in [4.69, 9.17) is 37.0 Å². The molecule has 17 nitrogen and oxygen atoms in total. The second-order valence-corrected chi connectivity index (χ2v) is 29.2. The fourth-order valence-electron chi connectivity index (χ4n) is 10.3. The van der Waals surface area contributed by atoms with Crippen molar-refractivity contribution in [3.63, 3.8) is 0 Å². The van der Waals surface area contributed by atoms with Crippen LogP contribution in [0, 0.1) is 0 Å². The average Bonchev–Trinajstić information content (AvgIpc) is 0.959. The van der Waals surface area contributed by atoms with Crippen molar-refractivity contribution < 1.29 is 80.2 Å². The molecular formula is C83H142O17P2. The van der Waals surface area contributed by atoms with Crippen LogP contribution in [-0.4, -0.2) is 96.7 Å². The van der Waals surface area contributed by atoms with Crippen LogP contribution in [0.4, 0.5) is 0 Å². The molecule has 0 radical (unpaired) electrons. The Kier molecular flexibility index (Phi) is 71.4. The Hall–Kier alpha value is -4.54. The third kappa shape index (κ3) is 73.8. The molecule has 0 aliphatic heterocycles. The molecule has 5 atom stereocenters. The number of allylic oxidation sites excluding steroid dienone is 20. The standard InChI is InChI=1S/C83H142O17P2/c1-5-9-13-17-21-25-29-33-36-38-41-45-48-52-56-60-64-68-81(86)94-74-79(100-83(88)70-66-62-58-54-50-46-42-39-37-34-30-26-22-18-14-10-6-2)76-98-102(91,92)96-72-77(84)71-95-101(89,90)97-75-78(99-82(87)69-65-61-57-53-49-43-32-28-24-20-16-12-8-4)73-93-80(85)67-63-59-55-51-47-44-40-35-31-27-23-19-15-11-7-3/h9,13,21-23,25-28,32-37,40-42,45-46,77-79,84H,5-8,10-12,14-20,24,29-31,38-39,43-44,47-76H2,1-4H3,(H,89,90)(H,91,92)/t77?,78-,79-/m1/s1. The monoisotopic (exact) mass is 1470 g/mol. The van der Waals surface area contributed by atoms with Crippen LogP contribution in [0.5, 0.6) is 0 Å². The zero-order valence-corrected chi connectivity index (χ0v) is 65.8. The van der Waals surface area contributed by atoms with Gasteiger partial charge in [0.25, 0.3) is 0 Å². The Morgan fingerprint density at radius 3 is 0.814 bits per heavy atom. The second kappa shape index (κ2) is 74.7. The SMILES string of the molecule is CCC=CCC=CCC=CCC=CCCCCCCC(=O)OC[C@H](COP(=O)(O)OCC(O)COP(=O)(O)OC[C@@H](COC(=O)CCCCCCCC=CCC=CCCCCC)OC(=O)CCCCCCCC=CCCCCCC)OC(=O)CCCCCCC=CCC=CCC=CCCCCC. The first kappa shape index (κ1) is 97.5. The molecule has 0 rings (SSSR count). The number of ether oxygens (including phenoxy) is 4. The van der Waals surface area contributed by atoms with E-state index in [0.29, 0.717) is 25.7 Å². The molecule has 3 N–H and O–H groups in total. The van der Waals surface area contributed by atoms with Gasteiger partial charge in [-0.3, -0.25) is 37.3 Å². The van der Waals surface area contributed by atoms with Crippen LogP contribution in [0.15, 0.2) is 122 Å². The molecule has 0 aromatic heterocycles. The van der Waals surface area contributed by atoms with Crippen molar-refractivity contribution in [1.82, 2.24) is 0 Å². The minimum Gasteiger partial charge on any atom is -0.462 e. The molecular weight excluding hydrogens is 1330 g/mol. The fourth-order valence-corrected chi connectivity index (χ4v) is 11.9. The first-order valence-electron chi connectivity index (χ1n) is 39.8. The van der Waals surface area contributed by atoms with Crippen LogP contribution in [-0.2, 0) is 65.4 Å². The predicted molar refractivity (Wildman–Crippen MR) is 418 cm³/mol. The number of hydrogen-bond donors (Lipinski definition) is 3. The summed E-state index contributed by atoms with van der Waals surface area (Å²) in [5.41, 5.74) is 0. The largest absolute Gasteiger partial charge is 0.472 e. The highest BCUT2D eigenvalue weighted by Crippen LogP contribution is 2.45. The molecule has 0 spiro atoms. The van der Waals surface area contributed by atoms with Gasteiger partial charge in [0.05, 0.1) is 26.4 Å². The molecule has 0 aliphatic carbocycles. The zero-order chi connectivity index (χ0) is 74.6. The highest BCUT2D eigenvalue weighted by molar-refractivity contribution is 7.47. The van der Waals surface area contributed by atoms with Crippen molar-refractivity contribution in [3.8, 4) is 0 Å². The molecule has 102 heavy (non-hydrogen) atoms. The number of rotatable bonds is 74. The number of hydrogen-bond acceptors (Lipinski definition) is 15. The Morgan fingerprint density at radius 1 is 0.284 bits per heavy atom. The van der Waals surface area contributed by atoms with E-state index >= 15 is 0 Å². The van der Waals surface area contributed by atoms with Crippen molar-refractivity contribution in [3.05, 3.63) is 122 Å². The van der Waals surface area contributed by atoms with Crippen LogP contribution < -0.4 is 0 Å². The summed E-state index contributed by atoms with van der Waals surface area (Å²) in [6.45, 7) is 4.63. The second-order valence-electron chi connectivity index (χ2n) is 26.3. The summed E-state index contributed by atoms with van der Waals surface area (Å²) < 4.78 is 68.5. The Balaban J connectivity index is 5.42. The van der Waals surface area contributed by atoms with Gasteiger partial charge in [-0.2, -0.15) is 0 Å². The molecule has 0 aliphatic rings. The van der Waals surface area contributed by atoms with Gasteiger partial charge in [-0.05, 0) is 161 Å². The lowest BCUT2D eigenvalue weighted by atomic mass is 10.1. The minimum atomic E-state index is -4.99. The molecule has 0 fully saturated rings. The summed E-state index contributed by atoms with van der Waals surface area (Å²) in [7, 11) is -9.98. The highest BCUT2D eigenvalue weighted by Gasteiger charge is 2.30. The third-order valence-corrected chi connectivity index (χ3v) is 18.3. The lowest BCUT2D eigenvalue weighted by Gasteiger charge is -2.21. The van der Waals surface area contributed by atoms with Gasteiger partial charge in [0, 0.05) is 25.7 Å². The van der Waals surface area contributed by atoms with Gasteiger partial charge in [0.15, 0.2) is 12.2 Å². The van der Waals surface area contributed by atoms with Gasteiger partial charge in [-0.15, -0.1) is 0 Å². The van der Waals surface area contributed by atoms with Gasteiger partial charge in [-0.25, -0.2) is 9.13 Å². The summed E-state index contributed by atoms with van der Waals surface area (Å²) in [5, 5.41) is 10.6. The van der Waals surface area contributed by atoms with Crippen LogP contribution in [0.25, 0.3) is 0 Å². The van der Waals surface area contributed by atoms with Gasteiger partial charge in [-0.1, -0.05) is 258 Å². The van der Waals surface area contributed by atoms with Crippen LogP contribution in [0.1, 0.15) is 323 Å². The van der Waals surface area contributed by atoms with Crippen molar-refractivity contribution >= 4 is 39.5 Å². The van der Waals surface area contributed by atoms with E-state index in [1.807, 2.05) is 0 Å². The van der Waals surface area contributed by atoms with E-state index in [9.17, 15) is 43.2 Å². The van der Waals surface area contributed by atoms with Crippen LogP contribution in [0.3, 0.4) is 0 Å². The smallest absolute Gasteiger partial charge is 0.462 e. The number of carbonyl (C=O) groups excluding carboxylic acids is 4. The van der Waals surface area contributed by atoms with E-state index in [1.165, 1.54) is 64.2 Å². The number of phosphoric ester groups is 2. The summed E-state index contributed by atoms with van der Waals surface area (Å²) >= 11 is 0. The lowest BCUT2D eigenvalue weighted by Crippen LogP contribution is -2.30. The Labute approximate surface area is 619 Å². The maximum Gasteiger partial charge on any atom is 0.472 e. The number of aliphatic hydroxyl groups is 1. The quantitative estimate of drug-likeness (QED) is 0.0169. The number of carbonyl (C=O) groups is 4. The number of unbranched alkanes of at least 4 members (excludes halogenated alkanes) is 28. The maximum absolute atomic E-state index is 13.1. The fraction of sp³-hybridized carbons (Fsp3) is 0.711. The van der Waals surface area contributed by atoms with E-state index < -0.39 is 97.5 Å². The van der Waals surface area contributed by atoms with Crippen molar-refractivity contribution in [1.29, 1.82) is 0 Å². The Morgan fingerprint density at radius 2 is 0.510 bits per heavy atom. The molecule has 3 unspecified atom stereocenters. The van der Waals surface area contributed by atoms with Gasteiger partial charge in [0.2, 0.25) is 0 Å². The van der Waals surface area contributed by atoms with Gasteiger partial charge < -0.3 is 33.8 Å². The summed E-state index contributed by atoms with van der Waals surface area (Å²) in [6.07, 6.45) is 81.7. The van der Waals surface area contributed by atoms with Crippen LogP contribution in [0.2, 0.25) is 0 Å². The normalized spacial score (nSPS) is 14.5.